The fraction of sp³-hybridized carbons (Fsp3) is 0.538. The zero-order valence-corrected chi connectivity index (χ0v) is 10.3. The zero-order chi connectivity index (χ0) is 12.3. The summed E-state index contributed by atoms with van der Waals surface area (Å²) in [6.45, 7) is 0. The first-order valence-corrected chi connectivity index (χ1v) is 5.88. The van der Waals surface area contributed by atoms with E-state index in [4.69, 9.17) is 19.9 Å². The van der Waals surface area contributed by atoms with E-state index in [2.05, 4.69) is 0 Å². The van der Waals surface area contributed by atoms with Crippen LogP contribution in [0.15, 0.2) is 18.2 Å². The summed E-state index contributed by atoms with van der Waals surface area (Å²) in [6, 6.07) is 5.66. The first kappa shape index (κ1) is 12.0. The van der Waals surface area contributed by atoms with Gasteiger partial charge >= 0.3 is 0 Å². The number of ether oxygens (including phenoxy) is 3. The largest absolute Gasteiger partial charge is 0.496 e. The van der Waals surface area contributed by atoms with Crippen molar-refractivity contribution in [1.82, 2.24) is 0 Å². The molecule has 2 atom stereocenters. The van der Waals surface area contributed by atoms with Crippen LogP contribution in [0.2, 0.25) is 0 Å². The predicted octanol–water partition coefficient (Wildman–Crippen LogP) is 1.96. The van der Waals surface area contributed by atoms with Crippen molar-refractivity contribution in [2.24, 2.45) is 5.73 Å². The number of nitrogens with two attached hydrogens (primary N) is 1. The lowest BCUT2D eigenvalue weighted by Gasteiger charge is -2.18. The van der Waals surface area contributed by atoms with Crippen molar-refractivity contribution in [1.29, 1.82) is 0 Å². The molecule has 1 aliphatic carbocycles. The van der Waals surface area contributed by atoms with Crippen molar-refractivity contribution in [3.63, 3.8) is 0 Å². The molecule has 4 nitrogen and oxygen atoms in total. The molecule has 2 rings (SSSR count). The van der Waals surface area contributed by atoms with Gasteiger partial charge in [-0.25, -0.2) is 0 Å². The highest BCUT2D eigenvalue weighted by atomic mass is 16.5. The molecule has 1 aromatic carbocycles. The van der Waals surface area contributed by atoms with Gasteiger partial charge in [-0.05, 0) is 19.3 Å². The summed E-state index contributed by atoms with van der Waals surface area (Å²) in [4.78, 5) is 0. The van der Waals surface area contributed by atoms with Crippen LogP contribution in [0.3, 0.4) is 0 Å². The van der Waals surface area contributed by atoms with Crippen LogP contribution in [-0.2, 0) is 0 Å². The maximum absolute atomic E-state index is 5.98. The van der Waals surface area contributed by atoms with Crippen molar-refractivity contribution < 1.29 is 14.2 Å². The maximum atomic E-state index is 5.98. The third-order valence-corrected chi connectivity index (χ3v) is 3.12. The average molecular weight is 237 g/mol. The Hall–Kier alpha value is -1.42. The normalized spacial score (nSPS) is 23.5. The fourth-order valence-electron chi connectivity index (χ4n) is 2.13. The smallest absolute Gasteiger partial charge is 0.127 e. The SMILES string of the molecule is COc1cc(OC)cc(OC2CCCC2N)c1. The minimum Gasteiger partial charge on any atom is -0.496 e. The van der Waals surface area contributed by atoms with E-state index in [1.54, 1.807) is 14.2 Å². The first-order valence-electron chi connectivity index (χ1n) is 5.88. The molecule has 0 saturated heterocycles. The zero-order valence-electron chi connectivity index (χ0n) is 10.3. The van der Waals surface area contributed by atoms with Gasteiger partial charge in [0.25, 0.3) is 0 Å². The van der Waals surface area contributed by atoms with Crippen LogP contribution in [0.4, 0.5) is 0 Å². The van der Waals surface area contributed by atoms with Crippen LogP contribution >= 0.6 is 0 Å². The van der Waals surface area contributed by atoms with Crippen LogP contribution in [0.5, 0.6) is 17.2 Å². The molecule has 1 aromatic rings. The Morgan fingerprint density at radius 3 is 2.06 bits per heavy atom. The molecule has 2 unspecified atom stereocenters. The van der Waals surface area contributed by atoms with E-state index in [1.165, 1.54) is 0 Å². The second-order valence-electron chi connectivity index (χ2n) is 4.30. The molecule has 1 aliphatic rings. The molecular weight excluding hydrogens is 218 g/mol. The highest BCUT2D eigenvalue weighted by Crippen LogP contribution is 2.30. The summed E-state index contributed by atoms with van der Waals surface area (Å²) in [5.74, 6) is 2.21. The summed E-state index contributed by atoms with van der Waals surface area (Å²) in [5, 5.41) is 0. The Balaban J connectivity index is 2.14. The fourth-order valence-corrected chi connectivity index (χ4v) is 2.13. The van der Waals surface area contributed by atoms with Gasteiger partial charge in [-0.15, -0.1) is 0 Å². The van der Waals surface area contributed by atoms with Gasteiger partial charge < -0.3 is 19.9 Å². The second kappa shape index (κ2) is 5.27. The van der Waals surface area contributed by atoms with Crippen LogP contribution in [0, 0.1) is 0 Å². The molecule has 0 radical (unpaired) electrons. The number of methoxy groups -OCH3 is 2. The van der Waals surface area contributed by atoms with Crippen molar-refractivity contribution in [2.45, 2.75) is 31.4 Å². The van der Waals surface area contributed by atoms with E-state index in [0.29, 0.717) is 0 Å². The average Bonchev–Trinajstić information content (AvgIpc) is 2.74. The highest BCUT2D eigenvalue weighted by Gasteiger charge is 2.25. The lowest BCUT2D eigenvalue weighted by atomic mass is 10.2. The topological polar surface area (TPSA) is 53.7 Å². The summed E-state index contributed by atoms with van der Waals surface area (Å²) in [5.41, 5.74) is 5.98. The van der Waals surface area contributed by atoms with Crippen molar-refractivity contribution in [3.8, 4) is 17.2 Å². The maximum Gasteiger partial charge on any atom is 0.127 e. The van der Waals surface area contributed by atoms with Crippen LogP contribution in [0.1, 0.15) is 19.3 Å². The Kier molecular flexibility index (Phi) is 3.74. The van der Waals surface area contributed by atoms with Crippen molar-refractivity contribution in [2.75, 3.05) is 14.2 Å². The van der Waals surface area contributed by atoms with Crippen molar-refractivity contribution >= 4 is 0 Å². The molecule has 17 heavy (non-hydrogen) atoms. The van der Waals surface area contributed by atoms with Gasteiger partial charge in [0.15, 0.2) is 0 Å². The van der Waals surface area contributed by atoms with Crippen LogP contribution < -0.4 is 19.9 Å². The Morgan fingerprint density at radius 2 is 1.59 bits per heavy atom. The molecule has 4 heteroatoms. The van der Waals surface area contributed by atoms with E-state index in [0.717, 1.165) is 36.5 Å². The van der Waals surface area contributed by atoms with Gasteiger partial charge in [0.1, 0.15) is 23.4 Å². The van der Waals surface area contributed by atoms with E-state index < -0.39 is 0 Å². The molecule has 94 valence electrons. The number of hydrogen-bond donors (Lipinski definition) is 1. The van der Waals surface area contributed by atoms with Gasteiger partial charge in [0.05, 0.1) is 14.2 Å². The molecule has 0 amide bonds. The molecule has 2 N–H and O–H groups in total. The van der Waals surface area contributed by atoms with Crippen molar-refractivity contribution in [3.05, 3.63) is 18.2 Å². The van der Waals surface area contributed by atoms with E-state index in [9.17, 15) is 0 Å². The highest BCUT2D eigenvalue weighted by molar-refractivity contribution is 5.42. The van der Waals surface area contributed by atoms with Gasteiger partial charge in [0.2, 0.25) is 0 Å². The summed E-state index contributed by atoms with van der Waals surface area (Å²) < 4.78 is 16.3. The van der Waals surface area contributed by atoms with E-state index in [1.807, 2.05) is 18.2 Å². The minimum absolute atomic E-state index is 0.104. The predicted molar refractivity (Wildman–Crippen MR) is 65.8 cm³/mol. The Morgan fingerprint density at radius 1 is 1.00 bits per heavy atom. The molecule has 0 aromatic heterocycles. The number of rotatable bonds is 4. The summed E-state index contributed by atoms with van der Waals surface area (Å²) in [6.07, 6.45) is 3.28. The standard InChI is InChI=1S/C13H19NO3/c1-15-9-6-10(16-2)8-11(7-9)17-13-5-3-4-12(13)14/h6-8,12-13H,3-5,14H2,1-2H3. The lowest BCUT2D eigenvalue weighted by Crippen LogP contribution is -2.33. The monoisotopic (exact) mass is 237 g/mol. The van der Waals surface area contributed by atoms with Crippen LogP contribution in [0.25, 0.3) is 0 Å². The van der Waals surface area contributed by atoms with Gasteiger partial charge in [-0.1, -0.05) is 0 Å². The molecule has 1 saturated carbocycles. The first-order chi connectivity index (χ1) is 8.22. The van der Waals surface area contributed by atoms with Gasteiger partial charge in [0, 0.05) is 24.2 Å². The van der Waals surface area contributed by atoms with Crippen LogP contribution in [-0.4, -0.2) is 26.4 Å². The van der Waals surface area contributed by atoms with Gasteiger partial charge in [-0.2, -0.15) is 0 Å². The Labute approximate surface area is 102 Å². The summed E-state index contributed by atoms with van der Waals surface area (Å²) >= 11 is 0. The second-order valence-corrected chi connectivity index (χ2v) is 4.30. The number of benzene rings is 1. The molecular formula is C13H19NO3. The molecule has 0 aliphatic heterocycles. The third-order valence-electron chi connectivity index (χ3n) is 3.12. The molecule has 0 spiro atoms. The van der Waals surface area contributed by atoms with E-state index in [-0.39, 0.29) is 12.1 Å². The van der Waals surface area contributed by atoms with E-state index >= 15 is 0 Å². The third kappa shape index (κ3) is 2.82. The summed E-state index contributed by atoms with van der Waals surface area (Å²) in [7, 11) is 3.25. The molecule has 0 bridgehead atoms. The molecule has 1 fully saturated rings. The quantitative estimate of drug-likeness (QED) is 0.869. The minimum atomic E-state index is 0.104. The lowest BCUT2D eigenvalue weighted by molar-refractivity contribution is 0.190. The molecule has 0 heterocycles. The van der Waals surface area contributed by atoms with Gasteiger partial charge in [-0.3, -0.25) is 0 Å². The Bertz CT molecular complexity index is 359. The number of hydrogen-bond acceptors (Lipinski definition) is 4.